The van der Waals surface area contributed by atoms with Crippen LogP contribution in [0.25, 0.3) is 0 Å². The van der Waals surface area contributed by atoms with Crippen LogP contribution in [0.2, 0.25) is 0 Å². The van der Waals surface area contributed by atoms with Crippen LogP contribution in [0.5, 0.6) is 0 Å². The van der Waals surface area contributed by atoms with Gasteiger partial charge in [0.25, 0.3) is 0 Å². The molecule has 1 fully saturated rings. The van der Waals surface area contributed by atoms with E-state index in [1.165, 1.54) is 5.56 Å². The summed E-state index contributed by atoms with van der Waals surface area (Å²) in [6.45, 7) is 10.3. The molecule has 1 aromatic rings. The Morgan fingerprint density at radius 1 is 1.27 bits per heavy atom. The van der Waals surface area contributed by atoms with Crippen molar-refractivity contribution >= 4 is 6.09 Å². The maximum atomic E-state index is 12.2. The number of benzene rings is 1. The molecular weight excluding hydrogens is 276 g/mol. The van der Waals surface area contributed by atoms with Crippen LogP contribution in [-0.2, 0) is 11.3 Å². The van der Waals surface area contributed by atoms with E-state index in [4.69, 9.17) is 4.74 Å². The van der Waals surface area contributed by atoms with Crippen LogP contribution in [0.15, 0.2) is 30.3 Å². The summed E-state index contributed by atoms with van der Waals surface area (Å²) >= 11 is 0. The predicted molar refractivity (Wildman–Crippen MR) is 88.7 cm³/mol. The quantitative estimate of drug-likeness (QED) is 0.858. The molecule has 0 radical (unpaired) electrons. The summed E-state index contributed by atoms with van der Waals surface area (Å²) < 4.78 is 5.48. The number of rotatable bonds is 3. The van der Waals surface area contributed by atoms with Crippen LogP contribution in [0.1, 0.15) is 33.3 Å². The number of amides is 1. The third kappa shape index (κ3) is 4.47. The first kappa shape index (κ1) is 16.8. The zero-order valence-corrected chi connectivity index (χ0v) is 14.4. The number of carbonyl (C=O) groups is 1. The number of hydrogen-bond donors (Lipinski definition) is 0. The largest absolute Gasteiger partial charge is 0.444 e. The van der Waals surface area contributed by atoms with Crippen LogP contribution in [0, 0.1) is 5.92 Å². The fraction of sp³-hybridized carbons (Fsp3) is 0.611. The first-order chi connectivity index (χ1) is 10.3. The third-order valence-corrected chi connectivity index (χ3v) is 4.07. The number of carbonyl (C=O) groups excluding carboxylic acids is 1. The van der Waals surface area contributed by atoms with Crippen LogP contribution in [0.3, 0.4) is 0 Å². The van der Waals surface area contributed by atoms with Gasteiger partial charge in [-0.3, -0.25) is 4.90 Å². The Hall–Kier alpha value is -1.55. The van der Waals surface area contributed by atoms with Gasteiger partial charge < -0.3 is 9.64 Å². The number of ether oxygens (including phenoxy) is 1. The van der Waals surface area contributed by atoms with Crippen molar-refractivity contribution in [2.45, 2.75) is 45.9 Å². The van der Waals surface area contributed by atoms with E-state index in [9.17, 15) is 4.79 Å². The van der Waals surface area contributed by atoms with Crippen molar-refractivity contribution in [1.29, 1.82) is 0 Å². The van der Waals surface area contributed by atoms with Crippen LogP contribution >= 0.6 is 0 Å². The van der Waals surface area contributed by atoms with Crippen molar-refractivity contribution in [2.24, 2.45) is 5.92 Å². The molecule has 2 rings (SSSR count). The summed E-state index contributed by atoms with van der Waals surface area (Å²) in [6.07, 6.45) is -0.199. The Kier molecular flexibility index (Phi) is 5.12. The molecule has 4 heteroatoms. The zero-order valence-electron chi connectivity index (χ0n) is 14.4. The zero-order chi connectivity index (χ0) is 16.3. The van der Waals surface area contributed by atoms with Gasteiger partial charge in [0.05, 0.1) is 0 Å². The van der Waals surface area contributed by atoms with Gasteiger partial charge in [-0.1, -0.05) is 37.3 Å². The normalized spacial score (nSPS) is 22.2. The Morgan fingerprint density at radius 2 is 1.91 bits per heavy atom. The van der Waals surface area contributed by atoms with Gasteiger partial charge in [-0.05, 0) is 39.3 Å². The molecule has 4 nitrogen and oxygen atoms in total. The molecule has 2 atom stereocenters. The molecule has 122 valence electrons. The molecule has 1 saturated heterocycles. The van der Waals surface area contributed by atoms with Crippen LogP contribution < -0.4 is 0 Å². The maximum absolute atomic E-state index is 12.2. The van der Waals surface area contributed by atoms with E-state index in [2.05, 4.69) is 43.1 Å². The highest BCUT2D eigenvalue weighted by Crippen LogP contribution is 2.24. The molecule has 0 aromatic heterocycles. The molecule has 1 heterocycles. The second-order valence-corrected chi connectivity index (χ2v) is 7.33. The van der Waals surface area contributed by atoms with Crippen LogP contribution in [0.4, 0.5) is 4.79 Å². The Labute approximate surface area is 134 Å². The highest BCUT2D eigenvalue weighted by atomic mass is 16.6. The molecule has 0 aliphatic carbocycles. The molecule has 0 bridgehead atoms. The highest BCUT2D eigenvalue weighted by molar-refractivity contribution is 5.68. The van der Waals surface area contributed by atoms with E-state index in [1.807, 2.05) is 31.7 Å². The van der Waals surface area contributed by atoms with Gasteiger partial charge in [0.1, 0.15) is 5.60 Å². The summed E-state index contributed by atoms with van der Waals surface area (Å²) in [5.41, 5.74) is 0.863. The fourth-order valence-corrected chi connectivity index (χ4v) is 2.99. The SMILES string of the molecule is C[C@H]1CN(C(=O)OC(C)(C)C)C[C@H]1N(C)Cc1ccccc1. The Morgan fingerprint density at radius 3 is 2.50 bits per heavy atom. The van der Waals surface area contributed by atoms with Gasteiger partial charge in [-0.25, -0.2) is 4.79 Å². The van der Waals surface area contributed by atoms with Gasteiger partial charge in [0, 0.05) is 25.7 Å². The lowest BCUT2D eigenvalue weighted by molar-refractivity contribution is 0.0280. The molecule has 1 amide bonds. The van der Waals surface area contributed by atoms with E-state index in [0.717, 1.165) is 19.6 Å². The average Bonchev–Trinajstić information content (AvgIpc) is 2.80. The van der Waals surface area contributed by atoms with Crippen molar-refractivity contribution < 1.29 is 9.53 Å². The first-order valence-electron chi connectivity index (χ1n) is 7.98. The summed E-state index contributed by atoms with van der Waals surface area (Å²) in [5, 5.41) is 0. The number of likely N-dealkylation sites (tertiary alicyclic amines) is 1. The smallest absolute Gasteiger partial charge is 0.410 e. The van der Waals surface area contributed by atoms with Crippen LogP contribution in [-0.4, -0.2) is 47.7 Å². The van der Waals surface area contributed by atoms with Crippen molar-refractivity contribution in [3.63, 3.8) is 0 Å². The van der Waals surface area contributed by atoms with Gasteiger partial charge in [-0.15, -0.1) is 0 Å². The van der Waals surface area contributed by atoms with Gasteiger partial charge in [0.2, 0.25) is 0 Å². The molecule has 1 aliphatic rings. The second-order valence-electron chi connectivity index (χ2n) is 7.33. The van der Waals surface area contributed by atoms with Crippen molar-refractivity contribution in [3.05, 3.63) is 35.9 Å². The first-order valence-corrected chi connectivity index (χ1v) is 7.98. The maximum Gasteiger partial charge on any atom is 0.410 e. The number of nitrogens with zero attached hydrogens (tertiary/aromatic N) is 2. The summed E-state index contributed by atoms with van der Waals surface area (Å²) in [7, 11) is 2.13. The molecule has 0 unspecified atom stereocenters. The molecule has 0 N–H and O–H groups in total. The number of hydrogen-bond acceptors (Lipinski definition) is 3. The number of likely N-dealkylation sites (N-methyl/N-ethyl adjacent to an activating group) is 1. The average molecular weight is 304 g/mol. The fourth-order valence-electron chi connectivity index (χ4n) is 2.99. The van der Waals surface area contributed by atoms with Gasteiger partial charge in [-0.2, -0.15) is 0 Å². The lowest BCUT2D eigenvalue weighted by atomic mass is 10.0. The molecule has 0 saturated carbocycles. The minimum atomic E-state index is -0.436. The monoisotopic (exact) mass is 304 g/mol. The Bertz CT molecular complexity index is 496. The van der Waals surface area contributed by atoms with E-state index >= 15 is 0 Å². The summed E-state index contributed by atoms with van der Waals surface area (Å²) in [6, 6.07) is 10.8. The predicted octanol–water partition coefficient (Wildman–Crippen LogP) is 3.37. The van der Waals surface area contributed by atoms with E-state index in [0.29, 0.717) is 12.0 Å². The van der Waals surface area contributed by atoms with E-state index in [1.54, 1.807) is 0 Å². The lowest BCUT2D eigenvalue weighted by Gasteiger charge is -2.27. The minimum Gasteiger partial charge on any atom is -0.444 e. The van der Waals surface area contributed by atoms with Crippen molar-refractivity contribution in [2.75, 3.05) is 20.1 Å². The second kappa shape index (κ2) is 6.69. The molecular formula is C18H28N2O2. The topological polar surface area (TPSA) is 32.8 Å². The van der Waals surface area contributed by atoms with Crippen molar-refractivity contribution in [3.8, 4) is 0 Å². The van der Waals surface area contributed by atoms with Gasteiger partial charge in [0.15, 0.2) is 0 Å². The molecule has 22 heavy (non-hydrogen) atoms. The standard InChI is InChI=1S/C18H28N2O2/c1-14-11-20(17(21)22-18(2,3)4)13-16(14)19(5)12-15-9-7-6-8-10-15/h6-10,14,16H,11-13H2,1-5H3/t14-,16+/m0/s1. The third-order valence-electron chi connectivity index (χ3n) is 4.07. The van der Waals surface area contributed by atoms with Crippen molar-refractivity contribution in [1.82, 2.24) is 9.80 Å². The molecule has 1 aromatic carbocycles. The highest BCUT2D eigenvalue weighted by Gasteiger charge is 2.36. The minimum absolute atomic E-state index is 0.199. The van der Waals surface area contributed by atoms with Gasteiger partial charge >= 0.3 is 6.09 Å². The lowest BCUT2D eigenvalue weighted by Crippen LogP contribution is -2.39. The summed E-state index contributed by atoms with van der Waals surface area (Å²) in [5.74, 6) is 0.446. The molecule has 1 aliphatic heterocycles. The summed E-state index contributed by atoms with van der Waals surface area (Å²) in [4.78, 5) is 16.4. The molecule has 0 spiro atoms. The van der Waals surface area contributed by atoms with E-state index < -0.39 is 5.60 Å². The Balaban J connectivity index is 1.94. The van der Waals surface area contributed by atoms with E-state index in [-0.39, 0.29) is 6.09 Å².